The highest BCUT2D eigenvalue weighted by atomic mass is 35.5. The van der Waals surface area contributed by atoms with Gasteiger partial charge >= 0.3 is 0 Å². The average molecular weight is 455 g/mol. The molecule has 1 amide bonds. The van der Waals surface area contributed by atoms with E-state index in [0.29, 0.717) is 24.1 Å². The predicted octanol–water partition coefficient (Wildman–Crippen LogP) is 3.58. The maximum absolute atomic E-state index is 13.2. The molecule has 0 spiro atoms. The number of halogens is 1. The van der Waals surface area contributed by atoms with Crippen molar-refractivity contribution in [2.75, 3.05) is 26.7 Å². The Morgan fingerprint density at radius 2 is 2.00 bits per heavy atom. The molecule has 0 aromatic carbocycles. The van der Waals surface area contributed by atoms with Crippen molar-refractivity contribution in [1.29, 1.82) is 0 Å². The highest BCUT2D eigenvalue weighted by molar-refractivity contribution is 6.30. The number of rotatable bonds is 7. The minimum atomic E-state index is -0.183. The largest absolute Gasteiger partial charge is 0.508 e. The quantitative estimate of drug-likeness (QED) is 0.614. The van der Waals surface area contributed by atoms with Gasteiger partial charge in [-0.05, 0) is 67.9 Å². The molecule has 3 unspecified atom stereocenters. The van der Waals surface area contributed by atoms with E-state index in [1.165, 1.54) is 0 Å². The second kappa shape index (κ2) is 12.0. The Morgan fingerprint density at radius 3 is 2.61 bits per heavy atom. The number of amides is 1. The van der Waals surface area contributed by atoms with Gasteiger partial charge in [0.2, 0.25) is 5.91 Å². The van der Waals surface area contributed by atoms with E-state index in [4.69, 9.17) is 16.3 Å². The molecule has 2 aliphatic carbocycles. The van der Waals surface area contributed by atoms with Gasteiger partial charge in [0.15, 0.2) is 0 Å². The van der Waals surface area contributed by atoms with Gasteiger partial charge in [0.25, 0.3) is 0 Å². The van der Waals surface area contributed by atoms with Crippen LogP contribution in [-0.4, -0.2) is 60.3 Å². The molecule has 3 rings (SSSR count). The number of nitrogens with one attached hydrogen (secondary N) is 1. The normalized spacial score (nSPS) is 28.0. The van der Waals surface area contributed by atoms with E-state index in [2.05, 4.69) is 25.2 Å². The molecule has 6 nitrogen and oxygen atoms in total. The Labute approximate surface area is 191 Å². The van der Waals surface area contributed by atoms with Gasteiger partial charge in [0.1, 0.15) is 5.76 Å². The lowest BCUT2D eigenvalue weighted by atomic mass is 9.77. The monoisotopic (exact) mass is 454 g/mol. The molecule has 4 atom stereocenters. The van der Waals surface area contributed by atoms with E-state index in [0.717, 1.165) is 50.2 Å². The fraction of sp³-hybridized carbons (Fsp3) is 0.708. The van der Waals surface area contributed by atoms with Gasteiger partial charge in [-0.3, -0.25) is 4.79 Å². The van der Waals surface area contributed by atoms with Crippen LogP contribution < -0.4 is 5.32 Å². The number of piperidine rings is 1. The molecule has 176 valence electrons. The zero-order valence-electron chi connectivity index (χ0n) is 19.0. The Bertz CT molecular complexity index is 683. The Balaban J connectivity index is 0.00000341. The average Bonchev–Trinajstić information content (AvgIpc) is 2.74. The molecule has 1 heterocycles. The third-order valence-electron chi connectivity index (χ3n) is 6.91. The minimum absolute atomic E-state index is 0. The first-order valence-electron chi connectivity index (χ1n) is 11.4. The summed E-state index contributed by atoms with van der Waals surface area (Å²) in [6.07, 6.45) is 12.7. The van der Waals surface area contributed by atoms with Gasteiger partial charge in [0, 0.05) is 31.8 Å². The van der Waals surface area contributed by atoms with Gasteiger partial charge in [-0.15, -0.1) is 0 Å². The van der Waals surface area contributed by atoms with Gasteiger partial charge in [-0.25, -0.2) is 0 Å². The standard InChI is InChI=1S/C24H37ClN2O3.H2O/c1-16(2)23(26-15-17-5-4-6-20(28)13-17)24(29)27-11-9-18(10-12-27)19-7-8-21(25)22(14-19)30-3;/h4,6,8,13,16-19,22-23,26,28H,5,7,9-12,14-15H2,1-3H3;1H2/t17?,19?,22?,23-;/m1./s1. The van der Waals surface area contributed by atoms with Crippen LogP contribution in [0.3, 0.4) is 0 Å². The van der Waals surface area contributed by atoms with E-state index < -0.39 is 0 Å². The van der Waals surface area contributed by atoms with Crippen molar-refractivity contribution in [2.45, 2.75) is 58.1 Å². The number of hydrogen-bond acceptors (Lipinski definition) is 4. The molecule has 1 aliphatic heterocycles. The molecule has 1 saturated heterocycles. The number of aliphatic hydroxyl groups excluding tert-OH is 1. The third kappa shape index (κ3) is 6.82. The van der Waals surface area contributed by atoms with Crippen LogP contribution in [-0.2, 0) is 9.53 Å². The van der Waals surface area contributed by atoms with E-state index in [-0.39, 0.29) is 35.4 Å². The summed E-state index contributed by atoms with van der Waals surface area (Å²) in [5, 5.41) is 14.0. The first-order valence-corrected chi connectivity index (χ1v) is 11.7. The molecule has 0 bridgehead atoms. The van der Waals surface area contributed by atoms with Crippen molar-refractivity contribution in [3.63, 3.8) is 0 Å². The van der Waals surface area contributed by atoms with Crippen LogP contribution in [0.4, 0.5) is 0 Å². The first kappa shape index (κ1) is 25.9. The fourth-order valence-corrected chi connectivity index (χ4v) is 5.29. The fourth-order valence-electron chi connectivity index (χ4n) is 5.02. The minimum Gasteiger partial charge on any atom is -0.508 e. The topological polar surface area (TPSA) is 93.3 Å². The molecule has 0 saturated carbocycles. The molecular formula is C24H39ClN2O4. The summed E-state index contributed by atoms with van der Waals surface area (Å²) < 4.78 is 5.53. The third-order valence-corrected chi connectivity index (χ3v) is 7.31. The van der Waals surface area contributed by atoms with Gasteiger partial charge < -0.3 is 25.5 Å². The summed E-state index contributed by atoms with van der Waals surface area (Å²) in [6.45, 7) is 6.55. The lowest BCUT2D eigenvalue weighted by Gasteiger charge is -2.40. The molecule has 0 aromatic rings. The van der Waals surface area contributed by atoms with Gasteiger partial charge in [0.05, 0.1) is 12.1 Å². The SMILES string of the molecule is COC1CC(C2CCN(C(=O)[C@H](NCC3C=C(O)C=CC3)C(C)C)CC2)CC=C1Cl.O. The van der Waals surface area contributed by atoms with Crippen LogP contribution >= 0.6 is 11.6 Å². The highest BCUT2D eigenvalue weighted by Gasteiger charge is 2.34. The Kier molecular flexibility index (Phi) is 10.1. The van der Waals surface area contributed by atoms with Crippen molar-refractivity contribution >= 4 is 17.5 Å². The molecule has 4 N–H and O–H groups in total. The van der Waals surface area contributed by atoms with Crippen LogP contribution in [0.25, 0.3) is 0 Å². The van der Waals surface area contributed by atoms with Crippen molar-refractivity contribution in [3.8, 4) is 0 Å². The number of ether oxygens (including phenoxy) is 1. The van der Waals surface area contributed by atoms with Crippen LogP contribution in [0, 0.1) is 23.7 Å². The van der Waals surface area contributed by atoms with Crippen LogP contribution in [0.15, 0.2) is 35.1 Å². The number of methoxy groups -OCH3 is 1. The summed E-state index contributed by atoms with van der Waals surface area (Å²) in [5.74, 6) is 2.20. The van der Waals surface area contributed by atoms with Crippen LogP contribution in [0.2, 0.25) is 0 Å². The van der Waals surface area contributed by atoms with Crippen molar-refractivity contribution in [2.24, 2.45) is 23.7 Å². The van der Waals surface area contributed by atoms with Gasteiger partial charge in [-0.2, -0.15) is 0 Å². The highest BCUT2D eigenvalue weighted by Crippen LogP contribution is 2.37. The number of likely N-dealkylation sites (tertiary alicyclic amines) is 1. The molecule has 3 aliphatic rings. The number of allylic oxidation sites excluding steroid dienone is 3. The smallest absolute Gasteiger partial charge is 0.239 e. The lowest BCUT2D eigenvalue weighted by Crippen LogP contribution is -2.52. The molecular weight excluding hydrogens is 416 g/mol. The first-order chi connectivity index (χ1) is 14.4. The molecule has 31 heavy (non-hydrogen) atoms. The van der Waals surface area contributed by atoms with Gasteiger partial charge in [-0.1, -0.05) is 37.6 Å². The van der Waals surface area contributed by atoms with Crippen molar-refractivity contribution < 1.29 is 20.1 Å². The number of carbonyl (C=O) groups is 1. The zero-order chi connectivity index (χ0) is 21.7. The Hall–Kier alpha value is -1.34. The number of nitrogens with zero attached hydrogens (tertiary/aromatic N) is 1. The second-order valence-electron chi connectivity index (χ2n) is 9.33. The predicted molar refractivity (Wildman–Crippen MR) is 125 cm³/mol. The van der Waals surface area contributed by atoms with Crippen LogP contribution in [0.5, 0.6) is 0 Å². The lowest BCUT2D eigenvalue weighted by molar-refractivity contribution is -0.136. The number of carbonyl (C=O) groups excluding carboxylic acids is 1. The summed E-state index contributed by atoms with van der Waals surface area (Å²) in [7, 11) is 1.73. The molecule has 7 heteroatoms. The van der Waals surface area contributed by atoms with E-state index >= 15 is 0 Å². The zero-order valence-corrected chi connectivity index (χ0v) is 19.8. The summed E-state index contributed by atoms with van der Waals surface area (Å²) in [5.41, 5.74) is 0. The van der Waals surface area contributed by atoms with Crippen molar-refractivity contribution in [1.82, 2.24) is 10.2 Å². The molecule has 1 fully saturated rings. The maximum atomic E-state index is 13.2. The van der Waals surface area contributed by atoms with E-state index in [9.17, 15) is 9.90 Å². The number of hydrogen-bond donors (Lipinski definition) is 2. The molecule has 0 radical (unpaired) electrons. The summed E-state index contributed by atoms with van der Waals surface area (Å²) in [4.78, 5) is 15.3. The Morgan fingerprint density at radius 1 is 1.29 bits per heavy atom. The number of aliphatic hydroxyl groups is 1. The van der Waals surface area contributed by atoms with E-state index in [1.807, 2.05) is 17.1 Å². The summed E-state index contributed by atoms with van der Waals surface area (Å²) in [6, 6.07) is -0.183. The maximum Gasteiger partial charge on any atom is 0.239 e. The van der Waals surface area contributed by atoms with Crippen LogP contribution in [0.1, 0.15) is 46.0 Å². The molecule has 0 aromatic heterocycles. The van der Waals surface area contributed by atoms with E-state index in [1.54, 1.807) is 13.2 Å². The second-order valence-corrected chi connectivity index (χ2v) is 9.76. The van der Waals surface area contributed by atoms with Crippen molar-refractivity contribution in [3.05, 3.63) is 35.1 Å². The summed E-state index contributed by atoms with van der Waals surface area (Å²) >= 11 is 6.27.